The Kier molecular flexibility index (Phi) is 4.12. The number of carbonyl (C=O) groups is 1. The van der Waals surface area contributed by atoms with Gasteiger partial charge in [-0.05, 0) is 50.8 Å². The second kappa shape index (κ2) is 5.61. The Morgan fingerprint density at radius 3 is 2.78 bits per heavy atom. The zero-order valence-electron chi connectivity index (χ0n) is 10.7. The van der Waals surface area contributed by atoms with Crippen molar-refractivity contribution in [2.45, 2.75) is 38.8 Å². The first-order valence-electron chi connectivity index (χ1n) is 6.29. The van der Waals surface area contributed by atoms with Gasteiger partial charge in [0.15, 0.2) is 6.10 Å². The molecule has 1 N–H and O–H groups in total. The number of benzene rings is 1. The summed E-state index contributed by atoms with van der Waals surface area (Å²) in [6.45, 7) is 3.79. The van der Waals surface area contributed by atoms with Crippen LogP contribution in [0, 0.1) is 5.92 Å². The van der Waals surface area contributed by atoms with Crippen LogP contribution >= 0.6 is 11.6 Å². The van der Waals surface area contributed by atoms with Crippen molar-refractivity contribution in [3.8, 4) is 5.75 Å². The number of amides is 1. The first-order valence-corrected chi connectivity index (χ1v) is 6.66. The van der Waals surface area contributed by atoms with Crippen molar-refractivity contribution in [2.75, 3.05) is 0 Å². The standard InChI is InChI=1S/C14H18ClNO2/c1-9(11-6-7-11)16-14(17)10(2)18-13-5-3-4-12(15)8-13/h3-5,8-11H,6-7H2,1-2H3,(H,16,17). The molecule has 1 saturated carbocycles. The zero-order valence-corrected chi connectivity index (χ0v) is 11.4. The van der Waals surface area contributed by atoms with Crippen LogP contribution in [0.5, 0.6) is 5.75 Å². The highest BCUT2D eigenvalue weighted by Crippen LogP contribution is 2.32. The molecule has 4 heteroatoms. The van der Waals surface area contributed by atoms with Gasteiger partial charge in [0.1, 0.15) is 5.75 Å². The first kappa shape index (κ1) is 13.2. The summed E-state index contributed by atoms with van der Waals surface area (Å²) in [5.74, 6) is 1.19. The van der Waals surface area contributed by atoms with Gasteiger partial charge in [-0.3, -0.25) is 4.79 Å². The van der Waals surface area contributed by atoms with Crippen molar-refractivity contribution >= 4 is 17.5 Å². The topological polar surface area (TPSA) is 38.3 Å². The van der Waals surface area contributed by atoms with Gasteiger partial charge in [0.05, 0.1) is 0 Å². The Balaban J connectivity index is 1.86. The molecular weight excluding hydrogens is 250 g/mol. The predicted molar refractivity (Wildman–Crippen MR) is 71.9 cm³/mol. The third kappa shape index (κ3) is 3.64. The molecule has 2 unspecified atom stereocenters. The number of carbonyl (C=O) groups excluding carboxylic acids is 1. The van der Waals surface area contributed by atoms with Gasteiger partial charge in [0.25, 0.3) is 5.91 Å². The van der Waals surface area contributed by atoms with Crippen LogP contribution in [0.15, 0.2) is 24.3 Å². The molecule has 2 rings (SSSR count). The molecular formula is C14H18ClNO2. The van der Waals surface area contributed by atoms with Crippen LogP contribution < -0.4 is 10.1 Å². The van der Waals surface area contributed by atoms with E-state index in [2.05, 4.69) is 5.32 Å². The summed E-state index contributed by atoms with van der Waals surface area (Å²) in [5.41, 5.74) is 0. The summed E-state index contributed by atoms with van der Waals surface area (Å²) in [5, 5.41) is 3.58. The minimum Gasteiger partial charge on any atom is -0.481 e. The Morgan fingerprint density at radius 2 is 2.17 bits per heavy atom. The van der Waals surface area contributed by atoms with Crippen LogP contribution in [-0.4, -0.2) is 18.1 Å². The molecule has 0 aliphatic heterocycles. The van der Waals surface area contributed by atoms with Gasteiger partial charge in [-0.1, -0.05) is 17.7 Å². The van der Waals surface area contributed by atoms with Crippen molar-refractivity contribution < 1.29 is 9.53 Å². The van der Waals surface area contributed by atoms with Crippen LogP contribution in [0.2, 0.25) is 5.02 Å². The maximum Gasteiger partial charge on any atom is 0.260 e. The smallest absolute Gasteiger partial charge is 0.260 e. The molecule has 1 aliphatic rings. The quantitative estimate of drug-likeness (QED) is 0.891. The lowest BCUT2D eigenvalue weighted by atomic mass is 10.2. The average molecular weight is 268 g/mol. The van der Waals surface area contributed by atoms with Crippen LogP contribution in [0.1, 0.15) is 26.7 Å². The largest absolute Gasteiger partial charge is 0.481 e. The second-order valence-corrected chi connectivity index (χ2v) is 5.29. The summed E-state index contributed by atoms with van der Waals surface area (Å²) < 4.78 is 5.56. The van der Waals surface area contributed by atoms with E-state index in [-0.39, 0.29) is 11.9 Å². The molecule has 1 fully saturated rings. The number of hydrogen-bond donors (Lipinski definition) is 1. The minimum atomic E-state index is -0.510. The Hall–Kier alpha value is -1.22. The fourth-order valence-corrected chi connectivity index (χ4v) is 2.03. The van der Waals surface area contributed by atoms with Crippen molar-refractivity contribution in [3.63, 3.8) is 0 Å². The van der Waals surface area contributed by atoms with Gasteiger partial charge in [-0.2, -0.15) is 0 Å². The normalized spacial score (nSPS) is 17.9. The fourth-order valence-electron chi connectivity index (χ4n) is 1.85. The molecule has 1 aromatic rings. The van der Waals surface area contributed by atoms with Crippen LogP contribution in [0.25, 0.3) is 0 Å². The van der Waals surface area contributed by atoms with Crippen LogP contribution in [0.3, 0.4) is 0 Å². The number of hydrogen-bond acceptors (Lipinski definition) is 2. The molecule has 0 bridgehead atoms. The lowest BCUT2D eigenvalue weighted by Crippen LogP contribution is -2.42. The van der Waals surface area contributed by atoms with E-state index < -0.39 is 6.10 Å². The van der Waals surface area contributed by atoms with Gasteiger partial charge < -0.3 is 10.1 Å². The van der Waals surface area contributed by atoms with E-state index in [9.17, 15) is 4.79 Å². The molecule has 0 aromatic heterocycles. The molecule has 0 radical (unpaired) electrons. The van der Waals surface area contributed by atoms with Gasteiger partial charge in [-0.15, -0.1) is 0 Å². The zero-order chi connectivity index (χ0) is 13.1. The Morgan fingerprint density at radius 1 is 1.44 bits per heavy atom. The van der Waals surface area contributed by atoms with E-state index in [0.29, 0.717) is 16.7 Å². The van der Waals surface area contributed by atoms with Crippen LogP contribution in [0.4, 0.5) is 0 Å². The summed E-state index contributed by atoms with van der Waals surface area (Å²) in [7, 11) is 0. The Bertz CT molecular complexity index is 432. The summed E-state index contributed by atoms with van der Waals surface area (Å²) in [6, 6.07) is 7.31. The van der Waals surface area contributed by atoms with Crippen molar-refractivity contribution in [1.29, 1.82) is 0 Å². The maximum absolute atomic E-state index is 11.9. The highest BCUT2D eigenvalue weighted by atomic mass is 35.5. The predicted octanol–water partition coefficient (Wildman–Crippen LogP) is 3.02. The maximum atomic E-state index is 11.9. The van der Waals surface area contributed by atoms with E-state index in [1.54, 1.807) is 31.2 Å². The third-order valence-corrected chi connectivity index (χ3v) is 3.41. The molecule has 98 valence electrons. The van der Waals surface area contributed by atoms with Gasteiger partial charge >= 0.3 is 0 Å². The highest BCUT2D eigenvalue weighted by molar-refractivity contribution is 6.30. The van der Waals surface area contributed by atoms with E-state index >= 15 is 0 Å². The molecule has 3 nitrogen and oxygen atoms in total. The molecule has 2 atom stereocenters. The highest BCUT2D eigenvalue weighted by Gasteiger charge is 2.30. The molecule has 1 amide bonds. The van der Waals surface area contributed by atoms with Gasteiger partial charge in [0, 0.05) is 11.1 Å². The summed E-state index contributed by atoms with van der Waals surface area (Å²) in [6.07, 6.45) is 1.92. The second-order valence-electron chi connectivity index (χ2n) is 4.85. The fraction of sp³-hybridized carbons (Fsp3) is 0.500. The third-order valence-electron chi connectivity index (χ3n) is 3.18. The number of nitrogens with one attached hydrogen (secondary N) is 1. The number of halogens is 1. The molecule has 0 spiro atoms. The SMILES string of the molecule is CC(Oc1cccc(Cl)c1)C(=O)NC(C)C1CC1. The lowest BCUT2D eigenvalue weighted by Gasteiger charge is -2.18. The lowest BCUT2D eigenvalue weighted by molar-refractivity contribution is -0.128. The first-order chi connectivity index (χ1) is 8.56. The molecule has 1 aromatic carbocycles. The minimum absolute atomic E-state index is 0.0747. The van der Waals surface area contributed by atoms with E-state index in [1.807, 2.05) is 6.92 Å². The van der Waals surface area contributed by atoms with E-state index in [4.69, 9.17) is 16.3 Å². The van der Waals surface area contributed by atoms with Crippen molar-refractivity contribution in [3.05, 3.63) is 29.3 Å². The number of ether oxygens (including phenoxy) is 1. The van der Waals surface area contributed by atoms with Crippen molar-refractivity contribution in [2.24, 2.45) is 5.92 Å². The number of rotatable bonds is 5. The van der Waals surface area contributed by atoms with E-state index in [0.717, 1.165) is 0 Å². The summed E-state index contributed by atoms with van der Waals surface area (Å²) >= 11 is 5.86. The van der Waals surface area contributed by atoms with Gasteiger partial charge in [-0.25, -0.2) is 0 Å². The molecule has 18 heavy (non-hydrogen) atoms. The van der Waals surface area contributed by atoms with Crippen molar-refractivity contribution in [1.82, 2.24) is 5.32 Å². The molecule has 0 heterocycles. The van der Waals surface area contributed by atoms with Crippen LogP contribution in [-0.2, 0) is 4.79 Å². The Labute approximate surface area is 112 Å². The van der Waals surface area contributed by atoms with E-state index in [1.165, 1.54) is 12.8 Å². The molecule has 0 saturated heterocycles. The van der Waals surface area contributed by atoms with Gasteiger partial charge in [0.2, 0.25) is 0 Å². The monoisotopic (exact) mass is 267 g/mol. The average Bonchev–Trinajstić information content (AvgIpc) is 3.12. The summed E-state index contributed by atoms with van der Waals surface area (Å²) in [4.78, 5) is 11.9. The molecule has 1 aliphatic carbocycles.